The monoisotopic (exact) mass is 373 g/mol. The number of urea groups is 1. The molecule has 0 aliphatic carbocycles. The predicted octanol–water partition coefficient (Wildman–Crippen LogP) is 2.69. The summed E-state index contributed by atoms with van der Waals surface area (Å²) in [5.74, 6) is 1.03. The van der Waals surface area contributed by atoms with Crippen LogP contribution in [0.2, 0.25) is 0 Å². The van der Waals surface area contributed by atoms with Crippen molar-refractivity contribution in [3.05, 3.63) is 57.6 Å². The molecule has 0 spiro atoms. The van der Waals surface area contributed by atoms with E-state index in [1.165, 1.54) is 37.3 Å². The maximum atomic E-state index is 12.7. The van der Waals surface area contributed by atoms with Crippen LogP contribution in [-0.4, -0.2) is 41.7 Å². The van der Waals surface area contributed by atoms with Gasteiger partial charge in [0.1, 0.15) is 23.3 Å². The van der Waals surface area contributed by atoms with E-state index in [4.69, 9.17) is 9.47 Å². The molecule has 1 heterocycles. The number of nitro groups is 1. The number of benzene rings is 2. The number of para-hydroxylation sites is 2. The Morgan fingerprint density at radius 1 is 1.22 bits per heavy atom. The summed E-state index contributed by atoms with van der Waals surface area (Å²) in [6.07, 6.45) is -0.977. The third-order valence-electron chi connectivity index (χ3n) is 4.42. The maximum Gasteiger partial charge on any atom is 0.322 e. The average molecular weight is 373 g/mol. The van der Waals surface area contributed by atoms with Gasteiger partial charge in [-0.25, -0.2) is 4.79 Å². The summed E-state index contributed by atoms with van der Waals surface area (Å²) in [5.41, 5.74) is 1.09. The smallest absolute Gasteiger partial charge is 0.322 e. The minimum atomic E-state index is -0.977. The molecule has 0 aromatic heterocycles. The van der Waals surface area contributed by atoms with Gasteiger partial charge in [0, 0.05) is 17.2 Å². The zero-order valence-electron chi connectivity index (χ0n) is 14.8. The summed E-state index contributed by atoms with van der Waals surface area (Å²) in [4.78, 5) is 24.6. The van der Waals surface area contributed by atoms with Gasteiger partial charge in [-0.05, 0) is 18.2 Å². The summed E-state index contributed by atoms with van der Waals surface area (Å²) < 4.78 is 10.6. The third kappa shape index (κ3) is 3.49. The number of anilines is 1. The summed E-state index contributed by atoms with van der Waals surface area (Å²) >= 11 is 0. The molecule has 3 rings (SSSR count). The van der Waals surface area contributed by atoms with Crippen molar-refractivity contribution in [1.29, 1.82) is 0 Å². The molecule has 0 radical (unpaired) electrons. The number of aliphatic hydroxyl groups excluding tert-OH is 1. The van der Waals surface area contributed by atoms with Gasteiger partial charge in [-0.15, -0.1) is 0 Å². The Labute approximate surface area is 155 Å². The highest BCUT2D eigenvalue weighted by Crippen LogP contribution is 2.39. The second-order valence-electron chi connectivity index (χ2n) is 5.96. The number of nitro benzene ring substituents is 1. The van der Waals surface area contributed by atoms with Crippen LogP contribution in [0.4, 0.5) is 16.2 Å². The fraction of sp³-hybridized carbons (Fsp3) is 0.278. The van der Waals surface area contributed by atoms with E-state index in [1.54, 1.807) is 18.2 Å². The number of methoxy groups -OCH3 is 2. The average Bonchev–Trinajstić information content (AvgIpc) is 2.67. The Morgan fingerprint density at radius 3 is 2.56 bits per heavy atom. The van der Waals surface area contributed by atoms with E-state index >= 15 is 0 Å². The molecule has 9 nitrogen and oxygen atoms in total. The Morgan fingerprint density at radius 2 is 1.89 bits per heavy atom. The summed E-state index contributed by atoms with van der Waals surface area (Å²) in [5, 5.41) is 24.2. The number of carbonyl (C=O) groups excluding carboxylic acids is 1. The molecular weight excluding hydrogens is 354 g/mol. The first-order valence-corrected chi connectivity index (χ1v) is 8.17. The summed E-state index contributed by atoms with van der Waals surface area (Å²) in [7, 11) is 3.00. The van der Waals surface area contributed by atoms with E-state index < -0.39 is 17.1 Å². The van der Waals surface area contributed by atoms with Crippen LogP contribution in [0, 0.1) is 10.1 Å². The van der Waals surface area contributed by atoms with Gasteiger partial charge in [-0.2, -0.15) is 0 Å². The number of aliphatic hydroxyl groups is 1. The minimum Gasteiger partial charge on any atom is -0.496 e. The Hall–Kier alpha value is -3.33. The first kappa shape index (κ1) is 18.5. The molecule has 0 fully saturated rings. The van der Waals surface area contributed by atoms with Crippen molar-refractivity contribution in [3.63, 3.8) is 0 Å². The lowest BCUT2D eigenvalue weighted by atomic mass is 9.95. The lowest BCUT2D eigenvalue weighted by molar-refractivity contribution is -0.383. The molecule has 0 unspecified atom stereocenters. The minimum absolute atomic E-state index is 0.0169. The maximum absolute atomic E-state index is 12.7. The van der Waals surface area contributed by atoms with E-state index in [-0.39, 0.29) is 24.5 Å². The number of nitrogens with one attached hydrogen (secondary N) is 1. The van der Waals surface area contributed by atoms with Gasteiger partial charge in [-0.3, -0.25) is 10.1 Å². The first-order valence-electron chi connectivity index (χ1n) is 8.17. The molecule has 1 aliphatic heterocycles. The molecule has 27 heavy (non-hydrogen) atoms. The van der Waals surface area contributed by atoms with Gasteiger partial charge in [0.25, 0.3) is 5.69 Å². The van der Waals surface area contributed by atoms with E-state index in [0.717, 1.165) is 0 Å². The molecule has 0 saturated carbocycles. The number of hydrogen-bond acceptors (Lipinski definition) is 6. The van der Waals surface area contributed by atoms with Crippen LogP contribution in [0.25, 0.3) is 0 Å². The Bertz CT molecular complexity index is 885. The van der Waals surface area contributed by atoms with Crippen molar-refractivity contribution >= 4 is 17.4 Å². The number of carbonyl (C=O) groups is 1. The predicted molar refractivity (Wildman–Crippen MR) is 97.0 cm³/mol. The van der Waals surface area contributed by atoms with Gasteiger partial charge in [0.15, 0.2) is 0 Å². The molecule has 0 bridgehead atoms. The van der Waals surface area contributed by atoms with Crippen LogP contribution in [0.15, 0.2) is 36.4 Å². The highest BCUT2D eigenvalue weighted by molar-refractivity contribution is 5.92. The largest absolute Gasteiger partial charge is 0.496 e. The second-order valence-corrected chi connectivity index (χ2v) is 5.96. The molecule has 1 atom stereocenters. The van der Waals surface area contributed by atoms with E-state index in [2.05, 4.69) is 5.32 Å². The molecule has 2 N–H and O–H groups in total. The molecule has 1 aliphatic rings. The van der Waals surface area contributed by atoms with E-state index in [9.17, 15) is 20.0 Å². The molecule has 2 amide bonds. The van der Waals surface area contributed by atoms with Crippen molar-refractivity contribution in [1.82, 2.24) is 4.90 Å². The van der Waals surface area contributed by atoms with Crippen LogP contribution in [-0.2, 0) is 6.54 Å². The highest BCUT2D eigenvalue weighted by Gasteiger charge is 2.32. The zero-order chi connectivity index (χ0) is 19.6. The van der Waals surface area contributed by atoms with Crippen LogP contribution < -0.4 is 14.8 Å². The lowest BCUT2D eigenvalue weighted by Crippen LogP contribution is -2.41. The quantitative estimate of drug-likeness (QED) is 0.629. The first-order chi connectivity index (χ1) is 13.0. The van der Waals surface area contributed by atoms with Crippen molar-refractivity contribution in [2.75, 3.05) is 26.1 Å². The van der Waals surface area contributed by atoms with Gasteiger partial charge in [-0.1, -0.05) is 12.1 Å². The number of ether oxygens (including phenoxy) is 2. The number of nitrogens with zero attached hydrogens (tertiary/aromatic N) is 2. The topological polar surface area (TPSA) is 114 Å². The van der Waals surface area contributed by atoms with Gasteiger partial charge in [0.2, 0.25) is 0 Å². The van der Waals surface area contributed by atoms with Crippen molar-refractivity contribution in [3.8, 4) is 11.5 Å². The fourth-order valence-electron chi connectivity index (χ4n) is 3.16. The van der Waals surface area contributed by atoms with Crippen LogP contribution in [0.3, 0.4) is 0 Å². The fourth-order valence-corrected chi connectivity index (χ4v) is 3.16. The van der Waals surface area contributed by atoms with Crippen LogP contribution in [0.5, 0.6) is 11.5 Å². The van der Waals surface area contributed by atoms with E-state index in [0.29, 0.717) is 22.6 Å². The Kier molecular flexibility index (Phi) is 5.13. The van der Waals surface area contributed by atoms with Crippen molar-refractivity contribution in [2.45, 2.75) is 12.6 Å². The molecule has 0 saturated heterocycles. The normalized spacial score (nSPS) is 15.7. The highest BCUT2D eigenvalue weighted by atomic mass is 16.6. The molecular formula is C18H19N3O6. The Balaban J connectivity index is 1.89. The van der Waals surface area contributed by atoms with Crippen molar-refractivity contribution < 1.29 is 24.3 Å². The molecule has 142 valence electrons. The molecule has 9 heteroatoms. The number of rotatable bonds is 4. The van der Waals surface area contributed by atoms with Crippen molar-refractivity contribution in [2.24, 2.45) is 0 Å². The summed E-state index contributed by atoms with van der Waals surface area (Å²) in [6, 6.07) is 8.72. The second kappa shape index (κ2) is 7.50. The van der Waals surface area contributed by atoms with Gasteiger partial charge >= 0.3 is 6.03 Å². The van der Waals surface area contributed by atoms with Gasteiger partial charge in [0.05, 0.1) is 32.2 Å². The molecule has 2 aromatic rings. The van der Waals surface area contributed by atoms with Crippen LogP contribution >= 0.6 is 0 Å². The lowest BCUT2D eigenvalue weighted by Gasteiger charge is -2.33. The van der Waals surface area contributed by atoms with Crippen LogP contribution in [0.1, 0.15) is 17.2 Å². The number of hydrogen-bond donors (Lipinski definition) is 2. The number of fused-ring (bicyclic) bond motifs is 1. The van der Waals surface area contributed by atoms with Gasteiger partial charge < -0.3 is 24.8 Å². The molecule has 2 aromatic carbocycles. The SMILES string of the molecule is COc1ccc(OC)c2c1CN(C(=O)Nc1ccccc1[N+](=O)[O-])C[C@@H]2O. The number of β-amino-alcohol motifs (C(OH)–C–C–N with tert-alkyl or cyclic N) is 1. The number of amides is 2. The zero-order valence-corrected chi connectivity index (χ0v) is 14.8. The third-order valence-corrected chi connectivity index (χ3v) is 4.42. The standard InChI is InChI=1S/C18H19N3O6/c1-26-15-7-8-16(27-2)17-11(15)9-20(10-14(17)22)18(23)19-12-5-3-4-6-13(12)21(24)25/h3-8,14,22H,9-10H2,1-2H3,(H,19,23)/t14-/m0/s1. The summed E-state index contributed by atoms with van der Waals surface area (Å²) in [6.45, 7) is 0.183. The van der Waals surface area contributed by atoms with E-state index in [1.807, 2.05) is 0 Å².